The highest BCUT2D eigenvalue weighted by molar-refractivity contribution is 6.03. The number of nitrogens with one attached hydrogen (secondary N) is 2. The summed E-state index contributed by atoms with van der Waals surface area (Å²) in [6.07, 6.45) is 0.175. The maximum atomic E-state index is 12.6. The van der Waals surface area contributed by atoms with Gasteiger partial charge in [0.25, 0.3) is 5.91 Å². The van der Waals surface area contributed by atoms with Gasteiger partial charge in [0.05, 0.1) is 23.5 Å². The molecule has 3 N–H and O–H groups in total. The highest BCUT2D eigenvalue weighted by Gasteiger charge is 2.35. The molecule has 8 heteroatoms. The van der Waals surface area contributed by atoms with E-state index in [0.717, 1.165) is 11.0 Å². The predicted molar refractivity (Wildman–Crippen MR) is 119 cm³/mol. The summed E-state index contributed by atoms with van der Waals surface area (Å²) in [7, 11) is 0. The van der Waals surface area contributed by atoms with Crippen LogP contribution < -0.4 is 14.8 Å². The Morgan fingerprint density at radius 2 is 2.06 bits per heavy atom. The molecular weight excluding hydrogens is 410 g/mol. The predicted octanol–water partition coefficient (Wildman–Crippen LogP) is 3.90. The molecule has 1 aliphatic heterocycles. The van der Waals surface area contributed by atoms with Crippen molar-refractivity contribution in [3.8, 4) is 17.2 Å². The Bertz CT molecular complexity index is 1150. The van der Waals surface area contributed by atoms with E-state index in [0.29, 0.717) is 5.82 Å². The Kier molecular flexibility index (Phi) is 5.54. The van der Waals surface area contributed by atoms with Crippen molar-refractivity contribution in [2.75, 3.05) is 6.61 Å². The van der Waals surface area contributed by atoms with E-state index in [1.165, 1.54) is 12.1 Å². The second kappa shape index (κ2) is 8.18. The molecule has 0 unspecified atom stereocenters. The molecular formula is C24H27N3O5. The first-order valence-electron chi connectivity index (χ1n) is 10.6. The lowest BCUT2D eigenvalue weighted by Crippen LogP contribution is -2.36. The number of carbonyl (C=O) groups is 2. The quantitative estimate of drug-likeness (QED) is 0.539. The maximum absolute atomic E-state index is 12.6. The smallest absolute Gasteiger partial charge is 0.258 e. The summed E-state index contributed by atoms with van der Waals surface area (Å²) >= 11 is 0. The van der Waals surface area contributed by atoms with Crippen LogP contribution in [0.15, 0.2) is 36.4 Å². The average molecular weight is 437 g/mol. The molecule has 1 amide bonds. The molecule has 1 aliphatic rings. The second-order valence-corrected chi connectivity index (χ2v) is 8.99. The number of ether oxygens (including phenoxy) is 2. The van der Waals surface area contributed by atoms with Crippen LogP contribution in [-0.2, 0) is 4.79 Å². The van der Waals surface area contributed by atoms with Gasteiger partial charge >= 0.3 is 0 Å². The highest BCUT2D eigenvalue weighted by atomic mass is 16.5. The molecule has 0 saturated heterocycles. The second-order valence-electron chi connectivity index (χ2n) is 8.99. The number of nitrogens with zero attached hydrogens (tertiary/aromatic N) is 1. The molecule has 2 aromatic carbocycles. The molecule has 1 atom stereocenters. The maximum Gasteiger partial charge on any atom is 0.258 e. The van der Waals surface area contributed by atoms with Gasteiger partial charge in [-0.1, -0.05) is 26.0 Å². The van der Waals surface area contributed by atoms with E-state index in [2.05, 4.69) is 15.3 Å². The summed E-state index contributed by atoms with van der Waals surface area (Å²) in [5.41, 5.74) is 1.20. The number of carbonyl (C=O) groups excluding carboxylic acids is 2. The number of Topliss-reactive ketones (excluding diaryl/α,β-unsaturated/α-hetero) is 1. The Balaban J connectivity index is 1.46. The topological polar surface area (TPSA) is 114 Å². The molecule has 8 nitrogen and oxygen atoms in total. The number of amides is 1. The number of H-pyrrole nitrogens is 1. The van der Waals surface area contributed by atoms with Crippen molar-refractivity contribution in [1.82, 2.24) is 15.3 Å². The van der Waals surface area contributed by atoms with Crippen molar-refractivity contribution in [2.24, 2.45) is 5.92 Å². The lowest BCUT2D eigenvalue weighted by Gasteiger charge is -2.32. The molecule has 168 valence electrons. The third-order valence-corrected chi connectivity index (χ3v) is 5.36. The minimum absolute atomic E-state index is 0.0916. The summed E-state index contributed by atoms with van der Waals surface area (Å²) in [6, 6.07) is 10.2. The molecule has 2 heterocycles. The number of hydrogen-bond acceptors (Lipinski definition) is 6. The van der Waals surface area contributed by atoms with E-state index >= 15 is 0 Å². The molecule has 0 spiro atoms. The number of para-hydroxylation sites is 2. The molecule has 4 rings (SSSR count). The summed E-state index contributed by atoms with van der Waals surface area (Å²) < 4.78 is 11.4. The Morgan fingerprint density at radius 1 is 1.31 bits per heavy atom. The van der Waals surface area contributed by atoms with Gasteiger partial charge in [-0.05, 0) is 31.9 Å². The van der Waals surface area contributed by atoms with Crippen molar-refractivity contribution in [3.63, 3.8) is 0 Å². The number of benzene rings is 2. The molecule has 1 aromatic heterocycles. The largest absolute Gasteiger partial charge is 0.507 e. The fourth-order valence-corrected chi connectivity index (χ4v) is 3.86. The molecule has 0 saturated carbocycles. The Labute approximate surface area is 186 Å². The molecule has 0 fully saturated rings. The lowest BCUT2D eigenvalue weighted by molar-refractivity contribution is -0.124. The van der Waals surface area contributed by atoms with E-state index in [9.17, 15) is 14.7 Å². The van der Waals surface area contributed by atoms with Crippen LogP contribution in [-0.4, -0.2) is 39.0 Å². The number of aromatic amines is 1. The van der Waals surface area contributed by atoms with Crippen LogP contribution in [0.4, 0.5) is 0 Å². The number of hydrogen-bond donors (Lipinski definition) is 3. The number of rotatable bonds is 6. The number of phenols is 1. The molecule has 0 aliphatic carbocycles. The van der Waals surface area contributed by atoms with Crippen molar-refractivity contribution >= 4 is 22.7 Å². The zero-order chi connectivity index (χ0) is 23.0. The van der Waals surface area contributed by atoms with E-state index in [1.54, 1.807) is 13.8 Å². The van der Waals surface area contributed by atoms with E-state index < -0.39 is 5.60 Å². The minimum Gasteiger partial charge on any atom is -0.507 e. The number of ketones is 1. The number of imidazole rings is 1. The van der Waals surface area contributed by atoms with E-state index in [4.69, 9.17) is 9.47 Å². The fraction of sp³-hybridized carbons (Fsp3) is 0.375. The van der Waals surface area contributed by atoms with Crippen LogP contribution in [0.2, 0.25) is 0 Å². The summed E-state index contributed by atoms with van der Waals surface area (Å²) in [5, 5.41) is 13.2. The van der Waals surface area contributed by atoms with Gasteiger partial charge in [0, 0.05) is 12.1 Å². The summed E-state index contributed by atoms with van der Waals surface area (Å²) in [6.45, 7) is 7.33. The number of phenolic OH excluding ortho intramolecular Hbond substituents is 1. The molecule has 0 radical (unpaired) electrons. The first kappa shape index (κ1) is 21.7. The molecule has 3 aromatic rings. The van der Waals surface area contributed by atoms with Gasteiger partial charge in [0.15, 0.2) is 12.4 Å². The monoisotopic (exact) mass is 437 g/mol. The molecule has 32 heavy (non-hydrogen) atoms. The van der Waals surface area contributed by atoms with Crippen LogP contribution in [0.25, 0.3) is 11.0 Å². The van der Waals surface area contributed by atoms with Gasteiger partial charge in [-0.3, -0.25) is 9.59 Å². The van der Waals surface area contributed by atoms with Crippen molar-refractivity contribution < 1.29 is 24.2 Å². The first-order valence-corrected chi connectivity index (χ1v) is 10.6. The van der Waals surface area contributed by atoms with Crippen LogP contribution in [0.1, 0.15) is 56.3 Å². The Morgan fingerprint density at radius 3 is 2.78 bits per heavy atom. The summed E-state index contributed by atoms with van der Waals surface area (Å²) in [5.74, 6) is 0.517. The molecule has 0 bridgehead atoms. The zero-order valence-corrected chi connectivity index (χ0v) is 18.6. The van der Waals surface area contributed by atoms with Crippen molar-refractivity contribution in [1.29, 1.82) is 0 Å². The Hall–Kier alpha value is -3.55. The fourth-order valence-electron chi connectivity index (χ4n) is 3.86. The SMILES string of the molecule is CC(C)[C@@H](NC(=O)COc1cc(O)c2c(c1)OC(C)(C)CC2=O)c1nc2ccccc2[nH]1. The van der Waals surface area contributed by atoms with E-state index in [-0.39, 0.29) is 59.5 Å². The van der Waals surface area contributed by atoms with Gasteiger partial charge in [-0.15, -0.1) is 0 Å². The van der Waals surface area contributed by atoms with Gasteiger partial charge in [0.2, 0.25) is 0 Å². The normalized spacial score (nSPS) is 15.8. The minimum atomic E-state index is -0.677. The van der Waals surface area contributed by atoms with E-state index in [1.807, 2.05) is 38.1 Å². The number of aromatic nitrogens is 2. The van der Waals surface area contributed by atoms with Crippen LogP contribution in [0.5, 0.6) is 17.2 Å². The van der Waals surface area contributed by atoms with Gasteiger partial charge in [0.1, 0.15) is 34.2 Å². The van der Waals surface area contributed by atoms with Crippen LogP contribution in [0, 0.1) is 5.92 Å². The van der Waals surface area contributed by atoms with Crippen LogP contribution in [0.3, 0.4) is 0 Å². The standard InChI is InChI=1S/C24H27N3O5/c1-13(2)22(23-25-15-7-5-6-8-16(15)26-23)27-20(30)12-31-14-9-17(28)21-18(29)11-24(3,4)32-19(21)10-14/h5-10,13,22,28H,11-12H2,1-4H3,(H,25,26)(H,27,30)/t22-/m1/s1. The lowest BCUT2D eigenvalue weighted by atomic mass is 9.92. The summed E-state index contributed by atoms with van der Waals surface area (Å²) in [4.78, 5) is 32.8. The third kappa shape index (κ3) is 4.39. The van der Waals surface area contributed by atoms with Gasteiger partial charge < -0.3 is 24.9 Å². The third-order valence-electron chi connectivity index (χ3n) is 5.36. The van der Waals surface area contributed by atoms with Gasteiger partial charge in [-0.25, -0.2) is 4.98 Å². The van der Waals surface area contributed by atoms with Crippen LogP contribution >= 0.6 is 0 Å². The highest BCUT2D eigenvalue weighted by Crippen LogP contribution is 2.40. The number of aromatic hydroxyl groups is 1. The average Bonchev–Trinajstić information content (AvgIpc) is 3.12. The first-order chi connectivity index (χ1) is 15.1. The number of fused-ring (bicyclic) bond motifs is 2. The van der Waals surface area contributed by atoms with Gasteiger partial charge in [-0.2, -0.15) is 0 Å². The van der Waals surface area contributed by atoms with Crippen molar-refractivity contribution in [2.45, 2.75) is 45.8 Å². The van der Waals surface area contributed by atoms with Crippen molar-refractivity contribution in [3.05, 3.63) is 47.8 Å². The zero-order valence-electron chi connectivity index (χ0n) is 18.6.